The Balaban J connectivity index is 1.90. The van der Waals surface area contributed by atoms with Gasteiger partial charge in [0, 0.05) is 23.3 Å². The predicted molar refractivity (Wildman–Crippen MR) is 97.4 cm³/mol. The summed E-state index contributed by atoms with van der Waals surface area (Å²) in [5, 5.41) is 6.32. The minimum absolute atomic E-state index is 0.156. The van der Waals surface area contributed by atoms with Crippen molar-refractivity contribution in [2.24, 2.45) is 11.8 Å². The maximum atomic E-state index is 13.3. The molecule has 0 aliphatic carbocycles. The number of hydrogen-bond donors (Lipinski definition) is 2. The molecule has 6 heteroatoms. The third-order valence-electron chi connectivity index (χ3n) is 6.63. The SMILES string of the molecule is CC[C@@H](C)N1C(=O)[C@H]2[C@H](C)N[C@@]3(C(=O)Nc4c3ccc(C)c4C)[C@@H]2C1=O. The minimum Gasteiger partial charge on any atom is -0.324 e. The van der Waals surface area contributed by atoms with Crippen LogP contribution in [0.2, 0.25) is 0 Å². The Morgan fingerprint density at radius 1 is 1.19 bits per heavy atom. The first-order chi connectivity index (χ1) is 12.3. The largest absolute Gasteiger partial charge is 0.324 e. The van der Waals surface area contributed by atoms with E-state index in [1.165, 1.54) is 4.90 Å². The van der Waals surface area contributed by atoms with Gasteiger partial charge in [-0.15, -0.1) is 0 Å². The molecule has 2 saturated heterocycles. The monoisotopic (exact) mass is 355 g/mol. The summed E-state index contributed by atoms with van der Waals surface area (Å²) in [4.78, 5) is 40.9. The van der Waals surface area contributed by atoms with Crippen LogP contribution in [0.5, 0.6) is 0 Å². The van der Waals surface area contributed by atoms with Gasteiger partial charge in [-0.05, 0) is 45.2 Å². The summed E-state index contributed by atoms with van der Waals surface area (Å²) in [7, 11) is 0. The summed E-state index contributed by atoms with van der Waals surface area (Å²) in [6.45, 7) is 9.70. The summed E-state index contributed by atoms with van der Waals surface area (Å²) in [6, 6.07) is 3.49. The fourth-order valence-electron chi connectivity index (χ4n) is 4.92. The molecule has 1 aromatic carbocycles. The van der Waals surface area contributed by atoms with Gasteiger partial charge in [-0.2, -0.15) is 0 Å². The molecule has 1 spiro atoms. The smallest absolute Gasteiger partial charge is 0.250 e. The number of anilines is 1. The Hall–Kier alpha value is -2.21. The van der Waals surface area contributed by atoms with Gasteiger partial charge in [0.2, 0.25) is 17.7 Å². The number of aryl methyl sites for hydroxylation is 1. The van der Waals surface area contributed by atoms with E-state index < -0.39 is 17.4 Å². The fourth-order valence-corrected chi connectivity index (χ4v) is 4.92. The number of rotatable bonds is 2. The van der Waals surface area contributed by atoms with Crippen LogP contribution >= 0.6 is 0 Å². The van der Waals surface area contributed by atoms with Crippen LogP contribution in [-0.4, -0.2) is 34.7 Å². The lowest BCUT2D eigenvalue weighted by Gasteiger charge is -2.30. The van der Waals surface area contributed by atoms with Crippen molar-refractivity contribution < 1.29 is 14.4 Å². The molecule has 0 saturated carbocycles. The first-order valence-corrected chi connectivity index (χ1v) is 9.32. The van der Waals surface area contributed by atoms with Gasteiger partial charge in [-0.1, -0.05) is 19.1 Å². The summed E-state index contributed by atoms with van der Waals surface area (Å²) in [6.07, 6.45) is 0.701. The third kappa shape index (κ3) is 1.83. The first kappa shape index (κ1) is 17.2. The number of carbonyl (C=O) groups is 3. The molecule has 4 rings (SSSR count). The molecule has 2 N–H and O–H groups in total. The fraction of sp³-hybridized carbons (Fsp3) is 0.550. The van der Waals surface area contributed by atoms with Gasteiger partial charge < -0.3 is 5.32 Å². The highest BCUT2D eigenvalue weighted by Crippen LogP contribution is 2.53. The lowest BCUT2D eigenvalue weighted by Crippen LogP contribution is -2.53. The molecule has 5 atom stereocenters. The van der Waals surface area contributed by atoms with Crippen molar-refractivity contribution >= 4 is 23.4 Å². The molecule has 3 heterocycles. The number of likely N-dealkylation sites (tertiary alicyclic amines) is 1. The topological polar surface area (TPSA) is 78.5 Å². The van der Waals surface area contributed by atoms with Crippen LogP contribution in [0.3, 0.4) is 0 Å². The second-order valence-electron chi connectivity index (χ2n) is 7.93. The zero-order valence-electron chi connectivity index (χ0n) is 15.8. The van der Waals surface area contributed by atoms with E-state index >= 15 is 0 Å². The highest BCUT2D eigenvalue weighted by Gasteiger charge is 2.70. The van der Waals surface area contributed by atoms with Gasteiger partial charge in [-0.25, -0.2) is 0 Å². The molecule has 3 aliphatic rings. The molecule has 0 radical (unpaired) electrons. The number of carbonyl (C=O) groups excluding carboxylic acids is 3. The Morgan fingerprint density at radius 3 is 2.54 bits per heavy atom. The van der Waals surface area contributed by atoms with Crippen LogP contribution in [0.1, 0.15) is 43.9 Å². The third-order valence-corrected chi connectivity index (χ3v) is 6.63. The number of amides is 3. The number of benzene rings is 1. The van der Waals surface area contributed by atoms with Crippen molar-refractivity contribution in [3.63, 3.8) is 0 Å². The first-order valence-electron chi connectivity index (χ1n) is 9.32. The van der Waals surface area contributed by atoms with Crippen LogP contribution in [0.25, 0.3) is 0 Å². The van der Waals surface area contributed by atoms with E-state index in [1.54, 1.807) is 0 Å². The molecule has 26 heavy (non-hydrogen) atoms. The number of hydrogen-bond acceptors (Lipinski definition) is 4. The Labute approximate surface area is 153 Å². The van der Waals surface area contributed by atoms with E-state index in [0.717, 1.165) is 22.4 Å². The molecule has 6 nitrogen and oxygen atoms in total. The van der Waals surface area contributed by atoms with Gasteiger partial charge in [0.1, 0.15) is 5.54 Å². The zero-order chi connectivity index (χ0) is 19.0. The molecular weight excluding hydrogens is 330 g/mol. The molecule has 3 amide bonds. The van der Waals surface area contributed by atoms with E-state index in [2.05, 4.69) is 10.6 Å². The second kappa shape index (κ2) is 5.39. The van der Waals surface area contributed by atoms with Crippen LogP contribution < -0.4 is 10.6 Å². The Bertz CT molecular complexity index is 849. The molecule has 2 fully saturated rings. The van der Waals surface area contributed by atoms with Gasteiger partial charge in [0.25, 0.3) is 0 Å². The average Bonchev–Trinajstić information content (AvgIpc) is 3.16. The van der Waals surface area contributed by atoms with E-state index in [-0.39, 0.29) is 29.8 Å². The zero-order valence-corrected chi connectivity index (χ0v) is 15.8. The lowest BCUT2D eigenvalue weighted by molar-refractivity contribution is -0.145. The highest BCUT2D eigenvalue weighted by molar-refractivity contribution is 6.15. The van der Waals surface area contributed by atoms with Crippen molar-refractivity contribution in [2.45, 2.75) is 58.7 Å². The number of imide groups is 1. The second-order valence-corrected chi connectivity index (χ2v) is 7.93. The standard InChI is InChI=1S/C20H25N3O3/c1-6-10(3)23-17(24)14-12(5)22-20(15(14)18(23)25)13-8-7-9(2)11(4)16(13)21-19(20)26/h7-8,10,12,14-15,22H,6H2,1-5H3,(H,21,26)/t10-,12+,14+,15+,20-/m1/s1. The van der Waals surface area contributed by atoms with Crippen molar-refractivity contribution in [1.29, 1.82) is 0 Å². The van der Waals surface area contributed by atoms with Crippen LogP contribution in [0.15, 0.2) is 12.1 Å². The molecule has 0 aromatic heterocycles. The van der Waals surface area contributed by atoms with E-state index in [1.807, 2.05) is 46.8 Å². The summed E-state index contributed by atoms with van der Waals surface area (Å²) < 4.78 is 0. The van der Waals surface area contributed by atoms with Gasteiger partial charge in [-0.3, -0.25) is 24.6 Å². The van der Waals surface area contributed by atoms with Crippen LogP contribution in [0, 0.1) is 25.7 Å². The van der Waals surface area contributed by atoms with E-state index in [9.17, 15) is 14.4 Å². The molecule has 0 bridgehead atoms. The quantitative estimate of drug-likeness (QED) is 0.794. The number of fused-ring (bicyclic) bond motifs is 4. The van der Waals surface area contributed by atoms with E-state index in [4.69, 9.17) is 0 Å². The Kier molecular flexibility index (Phi) is 3.57. The summed E-state index contributed by atoms with van der Waals surface area (Å²) >= 11 is 0. The summed E-state index contributed by atoms with van der Waals surface area (Å²) in [5.41, 5.74) is 2.49. The van der Waals surface area contributed by atoms with Crippen molar-refractivity contribution in [3.05, 3.63) is 28.8 Å². The molecule has 1 aromatic rings. The lowest BCUT2D eigenvalue weighted by atomic mass is 9.76. The van der Waals surface area contributed by atoms with E-state index in [0.29, 0.717) is 6.42 Å². The highest BCUT2D eigenvalue weighted by atomic mass is 16.2. The maximum absolute atomic E-state index is 13.3. The number of nitrogens with zero attached hydrogens (tertiary/aromatic N) is 1. The van der Waals surface area contributed by atoms with Crippen molar-refractivity contribution in [2.75, 3.05) is 5.32 Å². The van der Waals surface area contributed by atoms with Crippen molar-refractivity contribution in [3.8, 4) is 0 Å². The van der Waals surface area contributed by atoms with Gasteiger partial charge in [0.05, 0.1) is 11.8 Å². The molecule has 138 valence electrons. The van der Waals surface area contributed by atoms with Gasteiger partial charge in [0.15, 0.2) is 0 Å². The molecule has 0 unspecified atom stereocenters. The minimum atomic E-state index is -1.16. The maximum Gasteiger partial charge on any atom is 0.250 e. The van der Waals surface area contributed by atoms with Crippen LogP contribution in [0.4, 0.5) is 5.69 Å². The predicted octanol–water partition coefficient (Wildman–Crippen LogP) is 1.84. The normalized spacial score (nSPS) is 33.7. The summed E-state index contributed by atoms with van der Waals surface area (Å²) in [5.74, 6) is -1.81. The number of nitrogens with one attached hydrogen (secondary N) is 2. The average molecular weight is 355 g/mol. The van der Waals surface area contributed by atoms with Crippen molar-refractivity contribution in [1.82, 2.24) is 10.2 Å². The van der Waals surface area contributed by atoms with Gasteiger partial charge >= 0.3 is 0 Å². The van der Waals surface area contributed by atoms with Crippen LogP contribution in [-0.2, 0) is 19.9 Å². The molecule has 3 aliphatic heterocycles. The Morgan fingerprint density at radius 2 is 1.88 bits per heavy atom. The molecular formula is C20H25N3O3.